The zero-order chi connectivity index (χ0) is 14.4. The maximum absolute atomic E-state index is 13.4. The van der Waals surface area contributed by atoms with Crippen LogP contribution in [0.5, 0.6) is 0 Å². The summed E-state index contributed by atoms with van der Waals surface area (Å²) < 4.78 is 19.3. The largest absolute Gasteiger partial charge is 0.372 e. The number of hydrogen-bond acceptors (Lipinski definition) is 2. The fraction of sp³-hybridized carbons (Fsp3) is 0.647. The molecular formula is C17H26FNO. The van der Waals surface area contributed by atoms with Crippen molar-refractivity contribution in [2.45, 2.75) is 51.7 Å². The van der Waals surface area contributed by atoms with Crippen molar-refractivity contribution in [1.29, 1.82) is 0 Å². The highest BCUT2D eigenvalue weighted by Crippen LogP contribution is 2.23. The fourth-order valence-corrected chi connectivity index (χ4v) is 2.26. The summed E-state index contributed by atoms with van der Waals surface area (Å²) in [5.74, 6) is 0.514. The van der Waals surface area contributed by atoms with Gasteiger partial charge in [0.25, 0.3) is 0 Å². The van der Waals surface area contributed by atoms with E-state index in [1.54, 1.807) is 12.1 Å². The van der Waals surface area contributed by atoms with E-state index in [2.05, 4.69) is 19.2 Å². The van der Waals surface area contributed by atoms with Crippen LogP contribution in [0.2, 0.25) is 0 Å². The summed E-state index contributed by atoms with van der Waals surface area (Å²) in [4.78, 5) is 0. The van der Waals surface area contributed by atoms with Crippen molar-refractivity contribution in [3.8, 4) is 0 Å². The fourth-order valence-electron chi connectivity index (χ4n) is 2.26. The van der Waals surface area contributed by atoms with Crippen molar-refractivity contribution in [1.82, 2.24) is 5.32 Å². The number of ether oxygens (including phenoxy) is 1. The molecule has 1 aromatic carbocycles. The van der Waals surface area contributed by atoms with E-state index in [0.717, 1.165) is 25.1 Å². The van der Waals surface area contributed by atoms with E-state index in [0.29, 0.717) is 12.0 Å². The van der Waals surface area contributed by atoms with Gasteiger partial charge in [-0.1, -0.05) is 26.0 Å². The molecular weight excluding hydrogens is 253 g/mol. The summed E-state index contributed by atoms with van der Waals surface area (Å²) in [5, 5.41) is 3.48. The number of halogens is 1. The van der Waals surface area contributed by atoms with Gasteiger partial charge >= 0.3 is 0 Å². The van der Waals surface area contributed by atoms with Crippen molar-refractivity contribution < 1.29 is 9.13 Å². The molecule has 1 unspecified atom stereocenters. The van der Waals surface area contributed by atoms with Gasteiger partial charge in [-0.05, 0) is 49.3 Å². The summed E-state index contributed by atoms with van der Waals surface area (Å²) in [6, 6.07) is 7.41. The van der Waals surface area contributed by atoms with Crippen molar-refractivity contribution >= 4 is 0 Å². The van der Waals surface area contributed by atoms with Crippen molar-refractivity contribution in [3.05, 3.63) is 35.6 Å². The first kappa shape index (κ1) is 15.5. The minimum Gasteiger partial charge on any atom is -0.372 e. The van der Waals surface area contributed by atoms with Gasteiger partial charge in [-0.2, -0.15) is 0 Å². The molecule has 0 amide bonds. The molecule has 2 rings (SSSR count). The van der Waals surface area contributed by atoms with Crippen LogP contribution in [-0.2, 0) is 4.74 Å². The Labute approximate surface area is 121 Å². The summed E-state index contributed by atoms with van der Waals surface area (Å²) in [5.41, 5.74) is 0.933. The Kier molecular flexibility index (Phi) is 5.99. The van der Waals surface area contributed by atoms with E-state index in [1.807, 2.05) is 6.07 Å². The molecule has 112 valence electrons. The maximum Gasteiger partial charge on any atom is 0.123 e. The van der Waals surface area contributed by atoms with E-state index >= 15 is 0 Å². The SMILES string of the molecule is CC(C)CCCOC(CNC1CC1)c1cccc(F)c1. The van der Waals surface area contributed by atoms with Crippen LogP contribution in [0.25, 0.3) is 0 Å². The molecule has 1 atom stereocenters. The van der Waals surface area contributed by atoms with E-state index in [9.17, 15) is 4.39 Å². The van der Waals surface area contributed by atoms with E-state index in [4.69, 9.17) is 4.74 Å². The van der Waals surface area contributed by atoms with Gasteiger partial charge in [0.1, 0.15) is 5.82 Å². The Bertz CT molecular complexity index is 404. The molecule has 0 aliphatic heterocycles. The van der Waals surface area contributed by atoms with Crippen LogP contribution in [0.3, 0.4) is 0 Å². The van der Waals surface area contributed by atoms with Crippen molar-refractivity contribution in [2.75, 3.05) is 13.2 Å². The highest BCUT2D eigenvalue weighted by Gasteiger charge is 2.22. The average Bonchev–Trinajstić information content (AvgIpc) is 3.21. The number of benzene rings is 1. The van der Waals surface area contributed by atoms with E-state index in [1.165, 1.54) is 25.3 Å². The highest BCUT2D eigenvalue weighted by atomic mass is 19.1. The Morgan fingerprint density at radius 3 is 2.80 bits per heavy atom. The summed E-state index contributed by atoms with van der Waals surface area (Å²) >= 11 is 0. The first-order valence-corrected chi connectivity index (χ1v) is 7.75. The van der Waals surface area contributed by atoms with Gasteiger partial charge in [-0.3, -0.25) is 0 Å². The molecule has 1 aliphatic carbocycles. The van der Waals surface area contributed by atoms with Gasteiger partial charge in [0, 0.05) is 19.2 Å². The van der Waals surface area contributed by atoms with Crippen LogP contribution >= 0.6 is 0 Å². The molecule has 1 saturated carbocycles. The molecule has 0 saturated heterocycles. The molecule has 0 radical (unpaired) electrons. The molecule has 20 heavy (non-hydrogen) atoms. The molecule has 1 aromatic rings. The summed E-state index contributed by atoms with van der Waals surface area (Å²) in [6.07, 6.45) is 4.70. The first-order chi connectivity index (χ1) is 9.65. The number of nitrogens with one attached hydrogen (secondary N) is 1. The van der Waals surface area contributed by atoms with E-state index in [-0.39, 0.29) is 11.9 Å². The maximum atomic E-state index is 13.4. The van der Waals surface area contributed by atoms with Crippen molar-refractivity contribution in [3.63, 3.8) is 0 Å². The molecule has 0 spiro atoms. The first-order valence-electron chi connectivity index (χ1n) is 7.75. The predicted octanol–water partition coefficient (Wildman–Crippen LogP) is 4.07. The summed E-state index contributed by atoms with van der Waals surface area (Å²) in [6.45, 7) is 5.96. The van der Waals surface area contributed by atoms with Crippen LogP contribution in [0, 0.1) is 11.7 Å². The van der Waals surface area contributed by atoms with Crippen molar-refractivity contribution in [2.24, 2.45) is 5.92 Å². The van der Waals surface area contributed by atoms with Crippen LogP contribution in [0.4, 0.5) is 4.39 Å². The van der Waals surface area contributed by atoms with Gasteiger partial charge in [0.2, 0.25) is 0 Å². The van der Waals surface area contributed by atoms with Crippen LogP contribution in [0.1, 0.15) is 51.2 Å². The van der Waals surface area contributed by atoms with Gasteiger partial charge < -0.3 is 10.1 Å². The Morgan fingerprint density at radius 2 is 2.15 bits per heavy atom. The monoisotopic (exact) mass is 279 g/mol. The second-order valence-electron chi connectivity index (χ2n) is 6.13. The molecule has 0 aromatic heterocycles. The normalized spacial score (nSPS) is 16.6. The Balaban J connectivity index is 1.85. The lowest BCUT2D eigenvalue weighted by Gasteiger charge is -2.19. The smallest absolute Gasteiger partial charge is 0.123 e. The molecule has 1 fully saturated rings. The van der Waals surface area contributed by atoms with E-state index < -0.39 is 0 Å². The number of rotatable bonds is 9. The molecule has 2 nitrogen and oxygen atoms in total. The second-order valence-corrected chi connectivity index (χ2v) is 6.13. The molecule has 0 bridgehead atoms. The highest BCUT2D eigenvalue weighted by molar-refractivity contribution is 5.19. The summed E-state index contributed by atoms with van der Waals surface area (Å²) in [7, 11) is 0. The average molecular weight is 279 g/mol. The second kappa shape index (κ2) is 7.75. The number of hydrogen-bond donors (Lipinski definition) is 1. The standard InChI is InChI=1S/C17H26FNO/c1-13(2)5-4-10-20-17(12-19-16-8-9-16)14-6-3-7-15(18)11-14/h3,6-7,11,13,16-17,19H,4-5,8-10,12H2,1-2H3. The van der Waals surface area contributed by atoms with Gasteiger partial charge in [-0.25, -0.2) is 4.39 Å². The zero-order valence-corrected chi connectivity index (χ0v) is 12.6. The van der Waals surface area contributed by atoms with Gasteiger partial charge in [-0.15, -0.1) is 0 Å². The van der Waals surface area contributed by atoms with Crippen LogP contribution < -0.4 is 5.32 Å². The van der Waals surface area contributed by atoms with Gasteiger partial charge in [0.05, 0.1) is 6.10 Å². The Hall–Kier alpha value is -0.930. The lowest BCUT2D eigenvalue weighted by Crippen LogP contribution is -2.25. The van der Waals surface area contributed by atoms with Crippen LogP contribution in [0.15, 0.2) is 24.3 Å². The Morgan fingerprint density at radius 1 is 1.35 bits per heavy atom. The third-order valence-corrected chi connectivity index (χ3v) is 3.63. The molecule has 1 aliphatic rings. The minimum atomic E-state index is -0.190. The predicted molar refractivity (Wildman–Crippen MR) is 80.2 cm³/mol. The third kappa shape index (κ3) is 5.59. The zero-order valence-electron chi connectivity index (χ0n) is 12.6. The lowest BCUT2D eigenvalue weighted by atomic mass is 10.1. The molecule has 1 N–H and O–H groups in total. The van der Waals surface area contributed by atoms with Crippen LogP contribution in [-0.4, -0.2) is 19.2 Å². The van der Waals surface area contributed by atoms with Gasteiger partial charge in [0.15, 0.2) is 0 Å². The molecule has 3 heteroatoms. The minimum absolute atomic E-state index is 0.0431. The molecule has 0 heterocycles. The topological polar surface area (TPSA) is 21.3 Å². The third-order valence-electron chi connectivity index (χ3n) is 3.63. The lowest BCUT2D eigenvalue weighted by molar-refractivity contribution is 0.0482. The quantitative estimate of drug-likeness (QED) is 0.688.